The Morgan fingerprint density at radius 1 is 1.15 bits per heavy atom. The van der Waals surface area contributed by atoms with E-state index in [1.807, 2.05) is 13.0 Å². The fourth-order valence-electron chi connectivity index (χ4n) is 1.86. The van der Waals surface area contributed by atoms with Crippen LogP contribution in [-0.2, 0) is 0 Å². The zero-order valence-electron chi connectivity index (χ0n) is 10.9. The summed E-state index contributed by atoms with van der Waals surface area (Å²) in [5.41, 5.74) is 0.993. The minimum atomic E-state index is -1.12. The third kappa shape index (κ3) is 3.00. The van der Waals surface area contributed by atoms with Crippen LogP contribution >= 0.6 is 0 Å². The third-order valence-electron chi connectivity index (χ3n) is 2.93. The summed E-state index contributed by atoms with van der Waals surface area (Å²) in [4.78, 5) is 27.2. The van der Waals surface area contributed by atoms with Crippen LogP contribution in [0.2, 0.25) is 0 Å². The number of nitrogens with zero attached hydrogens (tertiary/aromatic N) is 1. The predicted octanol–water partition coefficient (Wildman–Crippen LogP) is 2.27. The minimum absolute atomic E-state index is 0.0108. The van der Waals surface area contributed by atoms with Crippen molar-refractivity contribution in [3.05, 3.63) is 65.5 Å². The van der Waals surface area contributed by atoms with Crippen LogP contribution < -0.4 is 5.32 Å². The number of hydrogen-bond donors (Lipinski definition) is 2. The largest absolute Gasteiger partial charge is 0.478 e. The Balaban J connectivity index is 2.19. The number of pyridine rings is 1. The molecule has 1 amide bonds. The summed E-state index contributed by atoms with van der Waals surface area (Å²) >= 11 is 0. The minimum Gasteiger partial charge on any atom is -0.478 e. The maximum Gasteiger partial charge on any atom is 0.336 e. The molecule has 0 saturated heterocycles. The standard InChI is InChI=1S/C15H14N2O3/c1-10(11-5-4-8-16-9-11)17-14(18)12-6-2-3-7-13(12)15(19)20/h2-10H,1H3,(H,17,18)(H,19,20)/t10-/m0/s1. The van der Waals surface area contributed by atoms with Crippen LogP contribution in [0.4, 0.5) is 0 Å². The summed E-state index contributed by atoms with van der Waals surface area (Å²) in [6, 6.07) is 9.50. The molecule has 0 saturated carbocycles. The Labute approximate surface area is 116 Å². The number of carboxylic acids is 1. The number of aromatic nitrogens is 1. The quantitative estimate of drug-likeness (QED) is 0.893. The van der Waals surface area contributed by atoms with Gasteiger partial charge >= 0.3 is 5.97 Å². The highest BCUT2D eigenvalue weighted by atomic mass is 16.4. The second kappa shape index (κ2) is 5.97. The molecule has 102 valence electrons. The summed E-state index contributed by atoms with van der Waals surface area (Å²) in [6.45, 7) is 1.82. The number of aromatic carboxylic acids is 1. The first kappa shape index (κ1) is 13.7. The molecule has 0 bridgehead atoms. The van der Waals surface area contributed by atoms with Crippen molar-refractivity contribution in [2.24, 2.45) is 0 Å². The molecule has 5 heteroatoms. The summed E-state index contributed by atoms with van der Waals surface area (Å²) in [7, 11) is 0. The van der Waals surface area contributed by atoms with Gasteiger partial charge in [-0.1, -0.05) is 18.2 Å². The van der Waals surface area contributed by atoms with Crippen LogP contribution in [0.3, 0.4) is 0 Å². The highest BCUT2D eigenvalue weighted by Crippen LogP contribution is 2.13. The van der Waals surface area contributed by atoms with Gasteiger partial charge in [0, 0.05) is 12.4 Å². The normalized spacial score (nSPS) is 11.7. The molecule has 1 aromatic heterocycles. The lowest BCUT2D eigenvalue weighted by atomic mass is 10.1. The van der Waals surface area contributed by atoms with E-state index >= 15 is 0 Å². The molecule has 0 spiro atoms. The topological polar surface area (TPSA) is 79.3 Å². The molecule has 0 aliphatic heterocycles. The van der Waals surface area contributed by atoms with E-state index in [1.165, 1.54) is 12.1 Å². The van der Waals surface area contributed by atoms with Crippen LogP contribution in [0, 0.1) is 0 Å². The Morgan fingerprint density at radius 3 is 2.45 bits per heavy atom. The molecule has 0 aliphatic carbocycles. The van der Waals surface area contributed by atoms with Crippen molar-refractivity contribution in [1.82, 2.24) is 10.3 Å². The molecule has 2 aromatic rings. The first-order valence-electron chi connectivity index (χ1n) is 6.12. The van der Waals surface area contributed by atoms with Crippen LogP contribution in [0.25, 0.3) is 0 Å². The fourth-order valence-corrected chi connectivity index (χ4v) is 1.86. The highest BCUT2D eigenvalue weighted by molar-refractivity contribution is 6.04. The first-order chi connectivity index (χ1) is 9.59. The summed E-state index contributed by atoms with van der Waals surface area (Å²) in [5.74, 6) is -1.54. The van der Waals surface area contributed by atoms with Crippen molar-refractivity contribution in [3.63, 3.8) is 0 Å². The fraction of sp³-hybridized carbons (Fsp3) is 0.133. The zero-order chi connectivity index (χ0) is 14.5. The maximum absolute atomic E-state index is 12.2. The van der Waals surface area contributed by atoms with Crippen molar-refractivity contribution in [2.75, 3.05) is 0 Å². The number of carbonyl (C=O) groups is 2. The van der Waals surface area contributed by atoms with E-state index < -0.39 is 11.9 Å². The molecule has 1 atom stereocenters. The summed E-state index contributed by atoms with van der Waals surface area (Å²) < 4.78 is 0. The van der Waals surface area contributed by atoms with Gasteiger partial charge < -0.3 is 10.4 Å². The van der Waals surface area contributed by atoms with Gasteiger partial charge in [-0.25, -0.2) is 4.79 Å². The van der Waals surface area contributed by atoms with Crippen molar-refractivity contribution < 1.29 is 14.7 Å². The average molecular weight is 270 g/mol. The van der Waals surface area contributed by atoms with Gasteiger partial charge in [0.05, 0.1) is 17.2 Å². The van der Waals surface area contributed by atoms with Gasteiger partial charge in [-0.15, -0.1) is 0 Å². The first-order valence-corrected chi connectivity index (χ1v) is 6.12. The number of rotatable bonds is 4. The lowest BCUT2D eigenvalue weighted by Gasteiger charge is -2.14. The highest BCUT2D eigenvalue weighted by Gasteiger charge is 2.17. The van der Waals surface area contributed by atoms with Crippen LogP contribution in [0.15, 0.2) is 48.8 Å². The Bertz CT molecular complexity index is 626. The molecule has 20 heavy (non-hydrogen) atoms. The summed E-state index contributed by atoms with van der Waals surface area (Å²) in [6.07, 6.45) is 3.31. The third-order valence-corrected chi connectivity index (χ3v) is 2.93. The molecule has 0 aliphatic rings. The van der Waals surface area contributed by atoms with Gasteiger partial charge in [-0.3, -0.25) is 9.78 Å². The number of nitrogens with one attached hydrogen (secondary N) is 1. The lowest BCUT2D eigenvalue weighted by Crippen LogP contribution is -2.28. The summed E-state index contributed by atoms with van der Waals surface area (Å²) in [5, 5.41) is 11.8. The predicted molar refractivity (Wildman–Crippen MR) is 73.5 cm³/mol. The second-order valence-electron chi connectivity index (χ2n) is 4.33. The van der Waals surface area contributed by atoms with Gasteiger partial charge in [0.1, 0.15) is 0 Å². The molecular weight excluding hydrogens is 256 g/mol. The molecule has 5 nitrogen and oxygen atoms in total. The molecule has 1 aromatic carbocycles. The number of carboxylic acid groups (broad SMARTS) is 1. The van der Waals surface area contributed by atoms with E-state index in [4.69, 9.17) is 5.11 Å². The van der Waals surface area contributed by atoms with Crippen molar-refractivity contribution in [2.45, 2.75) is 13.0 Å². The smallest absolute Gasteiger partial charge is 0.336 e. The number of benzene rings is 1. The van der Waals surface area contributed by atoms with Crippen molar-refractivity contribution in [1.29, 1.82) is 0 Å². The van der Waals surface area contributed by atoms with Gasteiger partial charge in [0.25, 0.3) is 5.91 Å². The van der Waals surface area contributed by atoms with Crippen LogP contribution in [0.1, 0.15) is 39.2 Å². The Morgan fingerprint density at radius 2 is 1.85 bits per heavy atom. The maximum atomic E-state index is 12.2. The van der Waals surface area contributed by atoms with Crippen molar-refractivity contribution in [3.8, 4) is 0 Å². The molecule has 1 heterocycles. The van der Waals surface area contributed by atoms with E-state index in [2.05, 4.69) is 10.3 Å². The molecular formula is C15H14N2O3. The zero-order valence-corrected chi connectivity index (χ0v) is 10.9. The lowest BCUT2D eigenvalue weighted by molar-refractivity contribution is 0.0690. The van der Waals surface area contributed by atoms with E-state index in [1.54, 1.807) is 30.6 Å². The molecule has 0 fully saturated rings. The number of amides is 1. The number of hydrogen-bond acceptors (Lipinski definition) is 3. The van der Waals surface area contributed by atoms with Crippen molar-refractivity contribution >= 4 is 11.9 Å². The van der Waals surface area contributed by atoms with E-state index in [0.717, 1.165) is 5.56 Å². The average Bonchev–Trinajstić information content (AvgIpc) is 2.48. The van der Waals surface area contributed by atoms with Gasteiger partial charge in [-0.05, 0) is 30.7 Å². The molecule has 2 N–H and O–H groups in total. The van der Waals surface area contributed by atoms with E-state index in [-0.39, 0.29) is 17.2 Å². The van der Waals surface area contributed by atoms with E-state index in [0.29, 0.717) is 0 Å². The van der Waals surface area contributed by atoms with Crippen LogP contribution in [-0.4, -0.2) is 22.0 Å². The molecule has 0 radical (unpaired) electrons. The Kier molecular flexibility index (Phi) is 4.10. The van der Waals surface area contributed by atoms with Crippen LogP contribution in [0.5, 0.6) is 0 Å². The number of carbonyl (C=O) groups excluding carboxylic acids is 1. The van der Waals surface area contributed by atoms with Gasteiger partial charge in [0.2, 0.25) is 0 Å². The monoisotopic (exact) mass is 270 g/mol. The van der Waals surface area contributed by atoms with E-state index in [9.17, 15) is 9.59 Å². The van der Waals surface area contributed by atoms with Gasteiger partial charge in [0.15, 0.2) is 0 Å². The Hall–Kier alpha value is -2.69. The van der Waals surface area contributed by atoms with Gasteiger partial charge in [-0.2, -0.15) is 0 Å². The SMILES string of the molecule is C[C@H](NC(=O)c1ccccc1C(=O)O)c1cccnc1. The second-order valence-corrected chi connectivity index (χ2v) is 4.33. The molecule has 0 unspecified atom stereocenters. The molecule has 2 rings (SSSR count).